The van der Waals surface area contributed by atoms with Crippen molar-refractivity contribution in [2.75, 3.05) is 13.7 Å². The zero-order chi connectivity index (χ0) is 13.3. The molecular formula is C13H21N3OS. The van der Waals surface area contributed by atoms with E-state index in [1.54, 1.807) is 18.4 Å². The van der Waals surface area contributed by atoms with Gasteiger partial charge in [-0.1, -0.05) is 0 Å². The van der Waals surface area contributed by atoms with Gasteiger partial charge >= 0.3 is 0 Å². The van der Waals surface area contributed by atoms with E-state index in [4.69, 9.17) is 4.74 Å². The van der Waals surface area contributed by atoms with Crippen molar-refractivity contribution in [1.29, 1.82) is 0 Å². The Hall–Kier alpha value is -0.910. The van der Waals surface area contributed by atoms with Gasteiger partial charge < -0.3 is 10.1 Å². The van der Waals surface area contributed by atoms with Crippen LogP contribution < -0.4 is 5.32 Å². The van der Waals surface area contributed by atoms with Crippen molar-refractivity contribution in [3.05, 3.63) is 22.5 Å². The highest BCUT2D eigenvalue weighted by atomic mass is 32.1. The van der Waals surface area contributed by atoms with Gasteiger partial charge in [0, 0.05) is 31.3 Å². The normalized spacial score (nSPS) is 12.5. The molecule has 2 aromatic rings. The Bertz CT molecular complexity index is 542. The third-order valence-electron chi connectivity index (χ3n) is 3.23. The van der Waals surface area contributed by atoms with Crippen LogP contribution in [0.3, 0.4) is 0 Å². The molecule has 0 saturated carbocycles. The van der Waals surface area contributed by atoms with Gasteiger partial charge in [-0.3, -0.25) is 4.40 Å². The number of nitrogens with one attached hydrogen (secondary N) is 1. The second kappa shape index (κ2) is 4.99. The summed E-state index contributed by atoms with van der Waals surface area (Å²) in [5, 5.41) is 5.59. The maximum absolute atomic E-state index is 5.40. The van der Waals surface area contributed by atoms with Gasteiger partial charge in [-0.05, 0) is 27.7 Å². The van der Waals surface area contributed by atoms with Gasteiger partial charge in [0.05, 0.1) is 17.0 Å². The predicted molar refractivity (Wildman–Crippen MR) is 75.3 cm³/mol. The number of fused-ring (bicyclic) bond motifs is 1. The molecule has 0 saturated heterocycles. The second-order valence-electron chi connectivity index (χ2n) is 5.21. The molecule has 2 aromatic heterocycles. The molecule has 0 unspecified atom stereocenters. The van der Waals surface area contributed by atoms with Crippen molar-refractivity contribution in [1.82, 2.24) is 14.7 Å². The lowest BCUT2D eigenvalue weighted by molar-refractivity contribution is 0.0230. The van der Waals surface area contributed by atoms with Crippen LogP contribution in [0.15, 0.2) is 5.38 Å². The smallest absolute Gasteiger partial charge is 0.194 e. The summed E-state index contributed by atoms with van der Waals surface area (Å²) < 4.78 is 7.63. The SMILES string of the molecule is COC(C)(C)CNCc1c(C)nc2scc(C)n12. The summed E-state index contributed by atoms with van der Waals surface area (Å²) in [6.45, 7) is 9.98. The Morgan fingerprint density at radius 3 is 2.83 bits per heavy atom. The predicted octanol–water partition coefficient (Wildman–Crippen LogP) is 2.53. The summed E-state index contributed by atoms with van der Waals surface area (Å²) in [4.78, 5) is 5.66. The lowest BCUT2D eigenvalue weighted by Gasteiger charge is -2.23. The molecule has 100 valence electrons. The number of nitrogens with zero attached hydrogens (tertiary/aromatic N) is 2. The standard InChI is InChI=1S/C13H21N3OS/c1-9-7-18-12-15-10(2)11(16(9)12)6-14-8-13(3,4)17-5/h7,14H,6,8H2,1-5H3. The summed E-state index contributed by atoms with van der Waals surface area (Å²) in [6, 6.07) is 0. The molecule has 0 bridgehead atoms. The van der Waals surface area contributed by atoms with Crippen LogP contribution in [0.5, 0.6) is 0 Å². The van der Waals surface area contributed by atoms with E-state index in [-0.39, 0.29) is 5.60 Å². The maximum atomic E-state index is 5.40. The molecule has 0 aromatic carbocycles. The van der Waals surface area contributed by atoms with Gasteiger partial charge in [0.1, 0.15) is 0 Å². The van der Waals surface area contributed by atoms with Gasteiger partial charge in [0.15, 0.2) is 4.96 Å². The van der Waals surface area contributed by atoms with Crippen LogP contribution in [-0.2, 0) is 11.3 Å². The molecule has 1 N–H and O–H groups in total. The Morgan fingerprint density at radius 1 is 1.44 bits per heavy atom. The Labute approximate surface area is 112 Å². The summed E-state index contributed by atoms with van der Waals surface area (Å²) >= 11 is 1.69. The first-order chi connectivity index (χ1) is 8.44. The third kappa shape index (κ3) is 2.58. The van der Waals surface area contributed by atoms with E-state index in [2.05, 4.69) is 47.8 Å². The molecule has 0 fully saturated rings. The molecular weight excluding hydrogens is 246 g/mol. The zero-order valence-electron chi connectivity index (χ0n) is 11.7. The maximum Gasteiger partial charge on any atom is 0.194 e. The quantitative estimate of drug-likeness (QED) is 0.904. The largest absolute Gasteiger partial charge is 0.377 e. The molecule has 2 rings (SSSR count). The van der Waals surface area contributed by atoms with Crippen LogP contribution in [0.25, 0.3) is 4.96 Å². The molecule has 0 aliphatic carbocycles. The van der Waals surface area contributed by atoms with Crippen LogP contribution in [-0.4, -0.2) is 28.6 Å². The Balaban J connectivity index is 2.12. The number of thiazole rings is 1. The minimum absolute atomic E-state index is 0.138. The van der Waals surface area contributed by atoms with E-state index in [1.807, 2.05) is 0 Å². The van der Waals surface area contributed by atoms with Gasteiger partial charge in [-0.25, -0.2) is 4.98 Å². The number of rotatable bonds is 5. The summed E-state index contributed by atoms with van der Waals surface area (Å²) in [5.74, 6) is 0. The fourth-order valence-corrected chi connectivity index (χ4v) is 2.86. The minimum atomic E-state index is -0.138. The van der Waals surface area contributed by atoms with E-state index in [0.29, 0.717) is 0 Å². The number of methoxy groups -OCH3 is 1. The average Bonchev–Trinajstić information content (AvgIpc) is 2.81. The van der Waals surface area contributed by atoms with E-state index < -0.39 is 0 Å². The lowest BCUT2D eigenvalue weighted by Crippen LogP contribution is -2.36. The van der Waals surface area contributed by atoms with Crippen LogP contribution >= 0.6 is 11.3 Å². The van der Waals surface area contributed by atoms with E-state index in [9.17, 15) is 0 Å². The highest BCUT2D eigenvalue weighted by Crippen LogP contribution is 2.20. The topological polar surface area (TPSA) is 38.6 Å². The molecule has 2 heterocycles. The van der Waals surface area contributed by atoms with Crippen LogP contribution in [0.1, 0.15) is 30.9 Å². The third-order valence-corrected chi connectivity index (χ3v) is 4.17. The summed E-state index contributed by atoms with van der Waals surface area (Å²) in [6.07, 6.45) is 0. The zero-order valence-corrected chi connectivity index (χ0v) is 12.5. The molecule has 0 aliphatic rings. The van der Waals surface area contributed by atoms with E-state index in [0.717, 1.165) is 23.7 Å². The van der Waals surface area contributed by atoms with Gasteiger partial charge in [0.25, 0.3) is 0 Å². The summed E-state index contributed by atoms with van der Waals surface area (Å²) in [5.41, 5.74) is 3.46. The molecule has 0 atom stereocenters. The molecule has 0 aliphatic heterocycles. The summed E-state index contributed by atoms with van der Waals surface area (Å²) in [7, 11) is 1.74. The van der Waals surface area contributed by atoms with Gasteiger partial charge in [-0.2, -0.15) is 0 Å². The number of aromatic nitrogens is 2. The monoisotopic (exact) mass is 267 g/mol. The first-order valence-corrected chi connectivity index (χ1v) is 7.00. The molecule has 0 radical (unpaired) electrons. The van der Waals surface area contributed by atoms with Crippen LogP contribution in [0, 0.1) is 13.8 Å². The molecule has 0 spiro atoms. The van der Waals surface area contributed by atoms with Crippen molar-refractivity contribution in [3.8, 4) is 0 Å². The van der Waals surface area contributed by atoms with Gasteiger partial charge in [-0.15, -0.1) is 11.3 Å². The molecule has 0 amide bonds. The van der Waals surface area contributed by atoms with Crippen LogP contribution in [0.2, 0.25) is 0 Å². The number of aryl methyl sites for hydroxylation is 2. The number of hydrogen-bond acceptors (Lipinski definition) is 4. The van der Waals surface area contributed by atoms with Crippen LogP contribution in [0.4, 0.5) is 0 Å². The highest BCUT2D eigenvalue weighted by molar-refractivity contribution is 7.15. The average molecular weight is 267 g/mol. The van der Waals surface area contributed by atoms with Crippen molar-refractivity contribution < 1.29 is 4.74 Å². The minimum Gasteiger partial charge on any atom is -0.377 e. The first kappa shape index (κ1) is 13.5. The fraction of sp³-hybridized carbons (Fsp3) is 0.615. The molecule has 18 heavy (non-hydrogen) atoms. The second-order valence-corrected chi connectivity index (χ2v) is 6.04. The van der Waals surface area contributed by atoms with Crippen molar-refractivity contribution in [2.45, 2.75) is 39.8 Å². The molecule has 5 heteroatoms. The highest BCUT2D eigenvalue weighted by Gasteiger charge is 2.17. The van der Waals surface area contributed by atoms with Gasteiger partial charge in [0.2, 0.25) is 0 Å². The number of imidazole rings is 1. The lowest BCUT2D eigenvalue weighted by atomic mass is 10.1. The fourth-order valence-electron chi connectivity index (χ4n) is 1.93. The molecule has 4 nitrogen and oxygen atoms in total. The number of hydrogen-bond donors (Lipinski definition) is 1. The Kier molecular flexibility index (Phi) is 3.75. The van der Waals surface area contributed by atoms with E-state index in [1.165, 1.54) is 11.4 Å². The van der Waals surface area contributed by atoms with Crippen molar-refractivity contribution in [3.63, 3.8) is 0 Å². The van der Waals surface area contributed by atoms with Crippen molar-refractivity contribution >= 4 is 16.3 Å². The number of ether oxygens (including phenoxy) is 1. The van der Waals surface area contributed by atoms with E-state index >= 15 is 0 Å². The first-order valence-electron chi connectivity index (χ1n) is 6.12. The Morgan fingerprint density at radius 2 is 2.17 bits per heavy atom. The van der Waals surface area contributed by atoms with Crippen molar-refractivity contribution in [2.24, 2.45) is 0 Å².